The molecule has 1 fully saturated rings. The number of anilines is 2. The maximum Gasteiger partial charge on any atom is 0.419 e. The molecule has 2 aromatic heterocycles. The lowest BCUT2D eigenvalue weighted by molar-refractivity contribution is -0.142. The summed E-state index contributed by atoms with van der Waals surface area (Å²) in [6.45, 7) is -1.62. The smallest absolute Gasteiger partial charge is 0.419 e. The number of esters is 1. The van der Waals surface area contributed by atoms with E-state index in [-0.39, 0.29) is 39.8 Å². The first-order chi connectivity index (χ1) is 12.9. The summed E-state index contributed by atoms with van der Waals surface area (Å²) >= 11 is 6.82. The number of carbonyl (C=O) groups excluding carboxylic acids is 1. The van der Waals surface area contributed by atoms with Gasteiger partial charge in [0.25, 0.3) is 0 Å². The Morgan fingerprint density at radius 3 is 2.80 bits per heavy atom. The standard InChI is InChI=1S/C14H12ClF3N4O2S/c1-6-7(14(16,17)18)5-19-12(20-6)22-9-8(15)21-10(25-9)13(2)3-4-24-11(13)23/h5H,3-4H2,1-2H3,(H,19,20,22)/t13-/m0/s1/i2D3. The number of hydrogen-bond donors (Lipinski definition) is 1. The number of nitrogens with zero attached hydrogens (tertiary/aromatic N) is 3. The Morgan fingerprint density at radius 1 is 1.48 bits per heavy atom. The van der Waals surface area contributed by atoms with Gasteiger partial charge < -0.3 is 10.1 Å². The summed E-state index contributed by atoms with van der Waals surface area (Å²) in [5.41, 5.74) is -3.23. The molecule has 11 heteroatoms. The van der Waals surface area contributed by atoms with E-state index in [0.717, 1.165) is 11.3 Å². The van der Waals surface area contributed by atoms with Crippen molar-refractivity contribution in [1.29, 1.82) is 0 Å². The molecular weight excluding hydrogens is 381 g/mol. The van der Waals surface area contributed by atoms with Crippen molar-refractivity contribution in [2.24, 2.45) is 0 Å². The molecule has 0 saturated carbocycles. The number of aromatic nitrogens is 3. The van der Waals surface area contributed by atoms with Crippen molar-refractivity contribution in [3.05, 3.63) is 27.6 Å². The molecular formula is C14H12ClF3N4O2S. The van der Waals surface area contributed by atoms with Crippen LogP contribution >= 0.6 is 22.9 Å². The van der Waals surface area contributed by atoms with Crippen LogP contribution in [-0.2, 0) is 21.1 Å². The first-order valence-corrected chi connectivity index (χ1v) is 8.07. The lowest BCUT2D eigenvalue weighted by atomic mass is 9.90. The predicted molar refractivity (Wildman–Crippen MR) is 85.1 cm³/mol. The molecule has 1 saturated heterocycles. The highest BCUT2D eigenvalue weighted by Gasteiger charge is 2.44. The minimum Gasteiger partial charge on any atom is -0.465 e. The fraction of sp³-hybridized carbons (Fsp3) is 0.429. The van der Waals surface area contributed by atoms with E-state index >= 15 is 0 Å². The fourth-order valence-electron chi connectivity index (χ4n) is 2.18. The van der Waals surface area contributed by atoms with Gasteiger partial charge in [-0.25, -0.2) is 15.0 Å². The number of ether oxygens (including phenoxy) is 1. The number of cyclic esters (lactones) is 1. The molecule has 1 aliphatic heterocycles. The summed E-state index contributed by atoms with van der Waals surface area (Å²) in [7, 11) is 0. The van der Waals surface area contributed by atoms with E-state index in [0.29, 0.717) is 6.20 Å². The molecule has 25 heavy (non-hydrogen) atoms. The SMILES string of the molecule is [2H]C([2H])([2H])[C@@]1(c2nc(Cl)c(Nc3ncc(C(F)(F)F)c(C)n3)s2)CCOC1=O. The number of halogens is 4. The Bertz CT molecular complexity index is 938. The molecule has 1 aliphatic rings. The van der Waals surface area contributed by atoms with Crippen molar-refractivity contribution in [2.45, 2.75) is 31.8 Å². The lowest BCUT2D eigenvalue weighted by Crippen LogP contribution is -2.27. The molecule has 134 valence electrons. The van der Waals surface area contributed by atoms with Gasteiger partial charge in [-0.1, -0.05) is 22.9 Å². The van der Waals surface area contributed by atoms with Crippen LogP contribution in [0.15, 0.2) is 6.20 Å². The molecule has 0 spiro atoms. The van der Waals surface area contributed by atoms with Crippen LogP contribution in [-0.4, -0.2) is 27.5 Å². The van der Waals surface area contributed by atoms with E-state index in [1.807, 2.05) is 0 Å². The van der Waals surface area contributed by atoms with Crippen LogP contribution < -0.4 is 5.32 Å². The van der Waals surface area contributed by atoms with E-state index in [4.69, 9.17) is 20.5 Å². The molecule has 3 rings (SSSR count). The van der Waals surface area contributed by atoms with Crippen LogP contribution in [0.4, 0.5) is 24.1 Å². The summed E-state index contributed by atoms with van der Waals surface area (Å²) in [5, 5.41) is 2.47. The Balaban J connectivity index is 1.95. The largest absolute Gasteiger partial charge is 0.465 e. The minimum atomic E-state index is -4.59. The first kappa shape index (κ1) is 14.3. The number of alkyl halides is 3. The van der Waals surface area contributed by atoms with Crippen LogP contribution in [0.3, 0.4) is 0 Å². The van der Waals surface area contributed by atoms with E-state index in [1.165, 1.54) is 6.92 Å². The molecule has 2 aromatic rings. The summed E-state index contributed by atoms with van der Waals surface area (Å²) < 4.78 is 66.6. The van der Waals surface area contributed by atoms with Gasteiger partial charge in [-0.2, -0.15) is 13.2 Å². The van der Waals surface area contributed by atoms with Gasteiger partial charge in [0, 0.05) is 16.7 Å². The second-order valence-electron chi connectivity index (χ2n) is 5.25. The maximum absolute atomic E-state index is 12.8. The molecule has 0 amide bonds. The number of rotatable bonds is 3. The Morgan fingerprint density at radius 2 is 2.24 bits per heavy atom. The van der Waals surface area contributed by atoms with Crippen molar-refractivity contribution < 1.29 is 26.8 Å². The highest BCUT2D eigenvalue weighted by atomic mass is 35.5. The Kier molecular flexibility index (Phi) is 3.48. The van der Waals surface area contributed by atoms with Crippen LogP contribution in [0, 0.1) is 6.92 Å². The van der Waals surface area contributed by atoms with Crippen molar-refractivity contribution in [3.8, 4) is 0 Å². The average Bonchev–Trinajstić information content (AvgIpc) is 3.10. The summed E-state index contributed by atoms with van der Waals surface area (Å²) in [6.07, 6.45) is -4.06. The number of aryl methyl sites for hydroxylation is 1. The predicted octanol–water partition coefficient (Wildman–Crippen LogP) is 3.86. The summed E-state index contributed by atoms with van der Waals surface area (Å²) in [6, 6.07) is 0. The van der Waals surface area contributed by atoms with Gasteiger partial charge in [0.05, 0.1) is 17.9 Å². The van der Waals surface area contributed by atoms with Gasteiger partial charge in [-0.15, -0.1) is 0 Å². The van der Waals surface area contributed by atoms with E-state index in [9.17, 15) is 18.0 Å². The van der Waals surface area contributed by atoms with Crippen LogP contribution in [0.5, 0.6) is 0 Å². The molecule has 0 radical (unpaired) electrons. The summed E-state index contributed by atoms with van der Waals surface area (Å²) in [5.74, 6) is -1.11. The maximum atomic E-state index is 12.8. The molecule has 0 bridgehead atoms. The van der Waals surface area contributed by atoms with Crippen molar-refractivity contribution in [3.63, 3.8) is 0 Å². The number of nitrogens with one attached hydrogen (secondary N) is 1. The number of thiazole rings is 1. The van der Waals surface area contributed by atoms with E-state index in [1.54, 1.807) is 0 Å². The van der Waals surface area contributed by atoms with Crippen molar-refractivity contribution in [1.82, 2.24) is 15.0 Å². The molecule has 0 aliphatic carbocycles. The normalized spacial score (nSPS) is 22.9. The van der Waals surface area contributed by atoms with Gasteiger partial charge in [0.1, 0.15) is 15.4 Å². The third-order valence-electron chi connectivity index (χ3n) is 3.52. The van der Waals surface area contributed by atoms with Crippen LogP contribution in [0.1, 0.15) is 33.6 Å². The van der Waals surface area contributed by atoms with Gasteiger partial charge in [-0.3, -0.25) is 4.79 Å². The minimum absolute atomic E-state index is 0.0710. The van der Waals surface area contributed by atoms with Crippen molar-refractivity contribution in [2.75, 3.05) is 11.9 Å². The lowest BCUT2D eigenvalue weighted by Gasteiger charge is -2.14. The highest BCUT2D eigenvalue weighted by molar-refractivity contribution is 7.16. The number of hydrogen-bond acceptors (Lipinski definition) is 7. The van der Waals surface area contributed by atoms with E-state index in [2.05, 4.69) is 20.3 Å². The zero-order chi connectivity index (χ0) is 20.9. The average molecular weight is 396 g/mol. The fourth-order valence-corrected chi connectivity index (χ4v) is 3.44. The first-order valence-electron chi connectivity index (χ1n) is 8.38. The highest BCUT2D eigenvalue weighted by Crippen LogP contribution is 2.41. The quantitative estimate of drug-likeness (QED) is 0.795. The Labute approximate surface area is 153 Å². The zero-order valence-electron chi connectivity index (χ0n) is 15.6. The van der Waals surface area contributed by atoms with E-state index < -0.39 is 30.0 Å². The third kappa shape index (κ3) is 3.28. The van der Waals surface area contributed by atoms with Crippen molar-refractivity contribution >= 4 is 39.9 Å². The molecule has 0 unspecified atom stereocenters. The topological polar surface area (TPSA) is 77.0 Å². The molecule has 6 nitrogen and oxygen atoms in total. The molecule has 1 N–H and O–H groups in total. The van der Waals surface area contributed by atoms with Gasteiger partial charge in [0.2, 0.25) is 5.95 Å². The molecule has 3 heterocycles. The second kappa shape index (κ2) is 6.10. The van der Waals surface area contributed by atoms with Crippen LogP contribution in [0.25, 0.3) is 0 Å². The van der Waals surface area contributed by atoms with Gasteiger partial charge >= 0.3 is 12.1 Å². The summed E-state index contributed by atoms with van der Waals surface area (Å²) in [4.78, 5) is 23.5. The molecule has 1 atom stereocenters. The van der Waals surface area contributed by atoms with Crippen LogP contribution in [0.2, 0.25) is 5.15 Å². The van der Waals surface area contributed by atoms with Gasteiger partial charge in [-0.05, 0) is 13.8 Å². The van der Waals surface area contributed by atoms with Gasteiger partial charge in [0.15, 0.2) is 5.15 Å². The monoisotopic (exact) mass is 395 g/mol. The zero-order valence-corrected chi connectivity index (χ0v) is 14.1. The third-order valence-corrected chi connectivity index (χ3v) is 5.04. The number of carbonyl (C=O) groups is 1. The molecule has 0 aromatic carbocycles. The second-order valence-corrected chi connectivity index (χ2v) is 6.60. The Hall–Kier alpha value is -1.94.